The summed E-state index contributed by atoms with van der Waals surface area (Å²) < 4.78 is 38.2. The summed E-state index contributed by atoms with van der Waals surface area (Å²) in [6.07, 6.45) is 1.85. The molecule has 0 fully saturated rings. The van der Waals surface area contributed by atoms with Gasteiger partial charge in [0.1, 0.15) is 5.82 Å². The zero-order valence-corrected chi connectivity index (χ0v) is 19.6. The Labute approximate surface area is 195 Å². The SMILES string of the molecule is CONCc1ccc(-c2ccc3c(=O)n(CCC(C)(C(=O)NO)S(C)(=O)=O)cnc3c2)c(F)c1. The first-order chi connectivity index (χ1) is 16.0. The molecule has 1 heterocycles. The molecule has 182 valence electrons. The molecule has 0 aliphatic heterocycles. The predicted molar refractivity (Wildman–Crippen MR) is 123 cm³/mol. The fraction of sp³-hybridized carbons (Fsp3) is 0.318. The van der Waals surface area contributed by atoms with Gasteiger partial charge in [0.2, 0.25) is 0 Å². The monoisotopic (exact) mass is 492 g/mol. The lowest BCUT2D eigenvalue weighted by atomic mass is 10.0. The van der Waals surface area contributed by atoms with Crippen molar-refractivity contribution in [3.05, 3.63) is 64.5 Å². The van der Waals surface area contributed by atoms with Crippen LogP contribution >= 0.6 is 0 Å². The van der Waals surface area contributed by atoms with Gasteiger partial charge < -0.3 is 4.84 Å². The number of rotatable bonds is 9. The van der Waals surface area contributed by atoms with Crippen molar-refractivity contribution < 1.29 is 27.6 Å². The number of sulfone groups is 1. The van der Waals surface area contributed by atoms with Crippen molar-refractivity contribution in [2.24, 2.45) is 0 Å². The number of amides is 1. The highest BCUT2D eigenvalue weighted by molar-refractivity contribution is 7.92. The molecule has 0 saturated carbocycles. The quantitative estimate of drug-likeness (QED) is 0.302. The van der Waals surface area contributed by atoms with Crippen LogP contribution in [0.4, 0.5) is 4.39 Å². The molecule has 0 aliphatic carbocycles. The zero-order chi connectivity index (χ0) is 25.1. The maximum atomic E-state index is 14.7. The third-order valence-electron chi connectivity index (χ3n) is 5.82. The number of hydrogen-bond acceptors (Lipinski definition) is 8. The molecule has 0 spiro atoms. The molecule has 12 heteroatoms. The maximum Gasteiger partial charge on any atom is 0.264 e. The molecule has 1 unspecified atom stereocenters. The second-order valence-electron chi connectivity index (χ2n) is 8.01. The van der Waals surface area contributed by atoms with Gasteiger partial charge >= 0.3 is 0 Å². The van der Waals surface area contributed by atoms with Crippen LogP contribution in [0.2, 0.25) is 0 Å². The molecule has 0 saturated heterocycles. The molecule has 2 aromatic carbocycles. The Kier molecular flexibility index (Phi) is 7.46. The van der Waals surface area contributed by atoms with Gasteiger partial charge in [-0.2, -0.15) is 5.48 Å². The van der Waals surface area contributed by atoms with E-state index in [0.717, 1.165) is 6.26 Å². The maximum absolute atomic E-state index is 14.7. The van der Waals surface area contributed by atoms with Crippen LogP contribution in [-0.4, -0.2) is 47.2 Å². The van der Waals surface area contributed by atoms with Gasteiger partial charge in [-0.25, -0.2) is 23.3 Å². The van der Waals surface area contributed by atoms with E-state index in [9.17, 15) is 22.4 Å². The van der Waals surface area contributed by atoms with E-state index in [-0.39, 0.29) is 18.4 Å². The minimum atomic E-state index is -3.90. The molecule has 10 nitrogen and oxygen atoms in total. The largest absolute Gasteiger partial charge is 0.305 e. The smallest absolute Gasteiger partial charge is 0.264 e. The molecular weight excluding hydrogens is 467 g/mol. The average Bonchev–Trinajstić information content (AvgIpc) is 2.80. The van der Waals surface area contributed by atoms with Gasteiger partial charge in [-0.1, -0.05) is 18.2 Å². The third kappa shape index (κ3) is 4.99. The number of hydroxylamine groups is 2. The second kappa shape index (κ2) is 9.97. The Morgan fingerprint density at radius 3 is 2.62 bits per heavy atom. The fourth-order valence-electron chi connectivity index (χ4n) is 3.46. The van der Waals surface area contributed by atoms with Crippen molar-refractivity contribution in [3.8, 4) is 11.1 Å². The van der Waals surface area contributed by atoms with E-state index in [1.807, 2.05) is 0 Å². The van der Waals surface area contributed by atoms with E-state index in [0.29, 0.717) is 28.8 Å². The van der Waals surface area contributed by atoms with E-state index >= 15 is 0 Å². The number of nitrogens with one attached hydrogen (secondary N) is 2. The highest BCUT2D eigenvalue weighted by Gasteiger charge is 2.43. The molecule has 3 aromatic rings. The summed E-state index contributed by atoms with van der Waals surface area (Å²) in [4.78, 5) is 33.9. The lowest BCUT2D eigenvalue weighted by Crippen LogP contribution is -2.50. The van der Waals surface area contributed by atoms with E-state index in [1.54, 1.807) is 24.3 Å². The third-order valence-corrected chi connectivity index (χ3v) is 7.85. The molecule has 0 radical (unpaired) electrons. The Balaban J connectivity index is 1.91. The van der Waals surface area contributed by atoms with Gasteiger partial charge in [0, 0.05) is 24.9 Å². The minimum absolute atomic E-state index is 0.133. The fourth-order valence-corrected chi connectivity index (χ4v) is 4.31. The number of aromatic nitrogens is 2. The number of aryl methyl sites for hydroxylation is 1. The van der Waals surface area contributed by atoms with Crippen LogP contribution in [0.15, 0.2) is 47.5 Å². The average molecular weight is 493 g/mol. The molecule has 3 rings (SSSR count). The van der Waals surface area contributed by atoms with Crippen LogP contribution < -0.4 is 16.5 Å². The summed E-state index contributed by atoms with van der Waals surface area (Å²) in [7, 11) is -2.44. The normalized spacial score (nSPS) is 13.6. The molecule has 1 atom stereocenters. The summed E-state index contributed by atoms with van der Waals surface area (Å²) in [5.41, 5.74) is 5.47. The minimum Gasteiger partial charge on any atom is -0.305 e. The van der Waals surface area contributed by atoms with Gasteiger partial charge in [0.25, 0.3) is 11.5 Å². The van der Waals surface area contributed by atoms with Crippen molar-refractivity contribution in [1.29, 1.82) is 0 Å². The van der Waals surface area contributed by atoms with Crippen LogP contribution in [0, 0.1) is 5.82 Å². The standard InChI is InChI=1S/C22H25FN4O6S/c1-22(21(29)26-30,34(3,31)32)8-9-27-13-24-19-11-15(5-7-17(19)20(27)28)16-6-4-14(10-18(16)23)12-25-33-2/h4-7,10-11,13,25,30H,8-9,12H2,1-3H3,(H,26,29). The first kappa shape index (κ1) is 25.4. The number of hydrogen-bond donors (Lipinski definition) is 3. The van der Waals surface area contributed by atoms with Gasteiger partial charge in [-0.3, -0.25) is 19.4 Å². The van der Waals surface area contributed by atoms with E-state index in [1.165, 1.54) is 42.5 Å². The van der Waals surface area contributed by atoms with Crippen LogP contribution in [0.3, 0.4) is 0 Å². The Morgan fingerprint density at radius 1 is 1.26 bits per heavy atom. The first-order valence-corrected chi connectivity index (χ1v) is 12.1. The van der Waals surface area contributed by atoms with Crippen LogP contribution in [0.5, 0.6) is 0 Å². The summed E-state index contributed by atoms with van der Waals surface area (Å²) in [6.45, 7) is 1.38. The van der Waals surface area contributed by atoms with Crippen molar-refractivity contribution in [3.63, 3.8) is 0 Å². The molecule has 1 amide bonds. The summed E-state index contributed by atoms with van der Waals surface area (Å²) in [6, 6.07) is 9.47. The Hall–Kier alpha value is -3.19. The summed E-state index contributed by atoms with van der Waals surface area (Å²) in [5, 5.41) is 9.19. The first-order valence-electron chi connectivity index (χ1n) is 10.2. The number of fused-ring (bicyclic) bond motifs is 1. The lowest BCUT2D eigenvalue weighted by molar-refractivity contribution is -0.131. The Morgan fingerprint density at radius 2 is 2.00 bits per heavy atom. The summed E-state index contributed by atoms with van der Waals surface area (Å²) >= 11 is 0. The number of carbonyl (C=O) groups is 1. The van der Waals surface area contributed by atoms with E-state index in [2.05, 4.69) is 10.5 Å². The van der Waals surface area contributed by atoms with Gasteiger partial charge in [-0.05, 0) is 42.7 Å². The van der Waals surface area contributed by atoms with Crippen LogP contribution in [-0.2, 0) is 32.6 Å². The predicted octanol–water partition coefficient (Wildman–Crippen LogP) is 1.55. The lowest BCUT2D eigenvalue weighted by Gasteiger charge is -2.25. The number of benzene rings is 2. The number of carbonyl (C=O) groups excluding carboxylic acids is 1. The highest BCUT2D eigenvalue weighted by atomic mass is 32.2. The van der Waals surface area contributed by atoms with Crippen LogP contribution in [0.1, 0.15) is 18.9 Å². The van der Waals surface area contributed by atoms with Gasteiger partial charge in [-0.15, -0.1) is 0 Å². The molecule has 34 heavy (non-hydrogen) atoms. The van der Waals surface area contributed by atoms with E-state index < -0.39 is 31.9 Å². The summed E-state index contributed by atoms with van der Waals surface area (Å²) in [5.74, 6) is -1.53. The Bertz CT molecular complexity index is 1390. The van der Waals surface area contributed by atoms with Crippen molar-refractivity contribution in [2.75, 3.05) is 13.4 Å². The zero-order valence-electron chi connectivity index (χ0n) is 18.8. The molecule has 3 N–H and O–H groups in total. The van der Waals surface area contributed by atoms with Gasteiger partial charge in [0.15, 0.2) is 14.6 Å². The van der Waals surface area contributed by atoms with Crippen LogP contribution in [0.25, 0.3) is 22.0 Å². The molecule has 0 bridgehead atoms. The topological polar surface area (TPSA) is 140 Å². The molecule has 0 aliphatic rings. The van der Waals surface area contributed by atoms with Gasteiger partial charge in [0.05, 0.1) is 24.3 Å². The molecular formula is C22H25FN4O6S. The number of nitrogens with zero attached hydrogens (tertiary/aromatic N) is 2. The number of halogens is 1. The second-order valence-corrected chi connectivity index (χ2v) is 10.5. The highest BCUT2D eigenvalue weighted by Crippen LogP contribution is 2.26. The van der Waals surface area contributed by atoms with Crippen molar-refractivity contribution in [2.45, 2.75) is 31.2 Å². The van der Waals surface area contributed by atoms with E-state index in [4.69, 9.17) is 10.0 Å². The van der Waals surface area contributed by atoms with Crippen molar-refractivity contribution >= 4 is 26.6 Å². The van der Waals surface area contributed by atoms with Crippen molar-refractivity contribution in [1.82, 2.24) is 20.5 Å². The molecule has 1 aromatic heterocycles.